The summed E-state index contributed by atoms with van der Waals surface area (Å²) in [5.74, 6) is 0.958. The molecule has 0 amide bonds. The summed E-state index contributed by atoms with van der Waals surface area (Å²) >= 11 is 0. The normalized spacial score (nSPS) is 14.9. The maximum absolute atomic E-state index is 5.95. The first-order valence-electron chi connectivity index (χ1n) is 8.12. The number of ether oxygens (including phenoxy) is 1. The van der Waals surface area contributed by atoms with Crippen LogP contribution in [0, 0.1) is 0 Å². The summed E-state index contributed by atoms with van der Waals surface area (Å²) < 4.78 is 5.95. The molecule has 0 spiro atoms. The summed E-state index contributed by atoms with van der Waals surface area (Å²) in [4.78, 5) is 2.47. The van der Waals surface area contributed by atoms with Crippen molar-refractivity contribution in [1.82, 2.24) is 5.32 Å². The molecule has 2 aromatic carbocycles. The molecule has 0 aromatic heterocycles. The van der Waals surface area contributed by atoms with Gasteiger partial charge in [-0.25, -0.2) is 0 Å². The monoisotopic (exact) mass is 296 g/mol. The molecule has 0 atom stereocenters. The average Bonchev–Trinajstić information content (AvgIpc) is 2.61. The van der Waals surface area contributed by atoms with Gasteiger partial charge in [0.15, 0.2) is 0 Å². The van der Waals surface area contributed by atoms with Gasteiger partial charge in [-0.3, -0.25) is 0 Å². The average molecular weight is 296 g/mol. The highest BCUT2D eigenvalue weighted by Gasteiger charge is 2.14. The molecule has 3 rings (SSSR count). The Labute approximate surface area is 132 Å². The van der Waals surface area contributed by atoms with Crippen LogP contribution in [-0.2, 0) is 13.0 Å². The predicted molar refractivity (Wildman–Crippen MR) is 91.7 cm³/mol. The lowest BCUT2D eigenvalue weighted by Gasteiger charge is -2.31. The van der Waals surface area contributed by atoms with Gasteiger partial charge < -0.3 is 15.0 Å². The topological polar surface area (TPSA) is 24.5 Å². The van der Waals surface area contributed by atoms with Gasteiger partial charge in [0.05, 0.1) is 0 Å². The van der Waals surface area contributed by atoms with Crippen LogP contribution >= 0.6 is 0 Å². The number of nitrogens with zero attached hydrogens (tertiary/aromatic N) is 1. The van der Waals surface area contributed by atoms with Crippen LogP contribution in [0.25, 0.3) is 0 Å². The van der Waals surface area contributed by atoms with E-state index in [0.29, 0.717) is 6.61 Å². The number of piperazine rings is 1. The summed E-state index contributed by atoms with van der Waals surface area (Å²) in [7, 11) is 0. The first-order valence-corrected chi connectivity index (χ1v) is 8.12. The van der Waals surface area contributed by atoms with Crippen molar-refractivity contribution in [1.29, 1.82) is 0 Å². The van der Waals surface area contributed by atoms with Crippen molar-refractivity contribution < 1.29 is 4.74 Å². The first-order chi connectivity index (χ1) is 10.9. The largest absolute Gasteiger partial charge is 0.489 e. The van der Waals surface area contributed by atoms with Crippen molar-refractivity contribution in [3.8, 4) is 5.75 Å². The minimum atomic E-state index is 0.622. The highest BCUT2D eigenvalue weighted by atomic mass is 16.5. The smallest absolute Gasteiger partial charge is 0.120 e. The molecule has 2 aromatic rings. The first kappa shape index (κ1) is 14.9. The summed E-state index contributed by atoms with van der Waals surface area (Å²) in [5, 5.41) is 3.41. The lowest BCUT2D eigenvalue weighted by molar-refractivity contribution is 0.306. The molecule has 1 saturated heterocycles. The summed E-state index contributed by atoms with van der Waals surface area (Å²) in [6, 6.07) is 16.8. The van der Waals surface area contributed by atoms with Crippen LogP contribution < -0.4 is 15.0 Å². The Morgan fingerprint density at radius 1 is 1.05 bits per heavy atom. The third-order valence-electron chi connectivity index (χ3n) is 4.14. The van der Waals surface area contributed by atoms with Crippen molar-refractivity contribution in [2.45, 2.75) is 20.0 Å². The van der Waals surface area contributed by atoms with E-state index < -0.39 is 0 Å². The Bertz CT molecular complexity index is 592. The van der Waals surface area contributed by atoms with Gasteiger partial charge in [-0.1, -0.05) is 37.3 Å². The fraction of sp³-hybridized carbons (Fsp3) is 0.368. The van der Waals surface area contributed by atoms with Gasteiger partial charge in [0.2, 0.25) is 0 Å². The fourth-order valence-corrected chi connectivity index (χ4v) is 2.89. The van der Waals surface area contributed by atoms with Crippen molar-refractivity contribution >= 4 is 5.69 Å². The Kier molecular flexibility index (Phi) is 4.96. The number of benzene rings is 2. The quantitative estimate of drug-likeness (QED) is 0.917. The minimum Gasteiger partial charge on any atom is -0.489 e. The Balaban J connectivity index is 1.71. The van der Waals surface area contributed by atoms with E-state index in [1.807, 2.05) is 18.2 Å². The number of hydrogen-bond donors (Lipinski definition) is 1. The van der Waals surface area contributed by atoms with Crippen LogP contribution in [0.15, 0.2) is 48.5 Å². The second kappa shape index (κ2) is 7.32. The number of aryl methyl sites for hydroxylation is 1. The maximum Gasteiger partial charge on any atom is 0.120 e. The van der Waals surface area contributed by atoms with E-state index in [0.717, 1.165) is 38.3 Å². The number of anilines is 1. The van der Waals surface area contributed by atoms with E-state index in [-0.39, 0.29) is 0 Å². The second-order valence-electron chi connectivity index (χ2n) is 5.66. The molecule has 0 bridgehead atoms. The lowest BCUT2D eigenvalue weighted by Crippen LogP contribution is -2.43. The second-order valence-corrected chi connectivity index (χ2v) is 5.66. The number of rotatable bonds is 5. The lowest BCUT2D eigenvalue weighted by atomic mass is 10.1. The third kappa shape index (κ3) is 3.60. The van der Waals surface area contributed by atoms with E-state index in [9.17, 15) is 0 Å². The molecule has 116 valence electrons. The molecular formula is C19H24N2O. The van der Waals surface area contributed by atoms with Gasteiger partial charge in [0.25, 0.3) is 0 Å². The van der Waals surface area contributed by atoms with Gasteiger partial charge in [-0.2, -0.15) is 0 Å². The standard InChI is InChI=1S/C19H24N2O/c1-2-17-14-18(22-15-16-6-4-3-5-7-16)8-9-19(17)21-12-10-20-11-13-21/h3-9,14,20H,2,10-13,15H2,1H3. The Morgan fingerprint density at radius 2 is 1.82 bits per heavy atom. The molecule has 3 nitrogen and oxygen atoms in total. The zero-order valence-corrected chi connectivity index (χ0v) is 13.2. The summed E-state index contributed by atoms with van der Waals surface area (Å²) in [5.41, 5.74) is 3.93. The molecule has 22 heavy (non-hydrogen) atoms. The van der Waals surface area contributed by atoms with Gasteiger partial charge >= 0.3 is 0 Å². The van der Waals surface area contributed by atoms with Crippen molar-refractivity contribution in [2.75, 3.05) is 31.1 Å². The molecule has 0 unspecified atom stereocenters. The number of nitrogens with one attached hydrogen (secondary N) is 1. The summed E-state index contributed by atoms with van der Waals surface area (Å²) in [6.07, 6.45) is 1.03. The molecule has 0 radical (unpaired) electrons. The zero-order valence-electron chi connectivity index (χ0n) is 13.2. The van der Waals surface area contributed by atoms with Gasteiger partial charge in [0.1, 0.15) is 12.4 Å². The van der Waals surface area contributed by atoms with E-state index >= 15 is 0 Å². The highest BCUT2D eigenvalue weighted by molar-refractivity contribution is 5.56. The van der Waals surface area contributed by atoms with Crippen LogP contribution in [0.1, 0.15) is 18.1 Å². The highest BCUT2D eigenvalue weighted by Crippen LogP contribution is 2.27. The molecule has 1 N–H and O–H groups in total. The molecule has 1 aliphatic heterocycles. The molecule has 1 heterocycles. The summed E-state index contributed by atoms with van der Waals surface area (Å²) in [6.45, 7) is 7.12. The molecule has 1 fully saturated rings. The third-order valence-corrected chi connectivity index (χ3v) is 4.14. The van der Waals surface area contributed by atoms with E-state index in [1.54, 1.807) is 0 Å². The van der Waals surface area contributed by atoms with Crippen LogP contribution in [0.3, 0.4) is 0 Å². The van der Waals surface area contributed by atoms with E-state index in [4.69, 9.17) is 4.74 Å². The molecular weight excluding hydrogens is 272 g/mol. The SMILES string of the molecule is CCc1cc(OCc2ccccc2)ccc1N1CCNCC1. The van der Waals surface area contributed by atoms with E-state index in [1.165, 1.54) is 16.8 Å². The molecule has 0 aliphatic carbocycles. The van der Waals surface area contributed by atoms with Crippen molar-refractivity contribution in [2.24, 2.45) is 0 Å². The van der Waals surface area contributed by atoms with Crippen molar-refractivity contribution in [3.05, 3.63) is 59.7 Å². The van der Waals surface area contributed by atoms with Crippen LogP contribution in [0.4, 0.5) is 5.69 Å². The van der Waals surface area contributed by atoms with Crippen LogP contribution in [-0.4, -0.2) is 26.2 Å². The van der Waals surface area contributed by atoms with Gasteiger partial charge in [-0.15, -0.1) is 0 Å². The van der Waals surface area contributed by atoms with Gasteiger partial charge in [-0.05, 0) is 35.7 Å². The molecule has 1 aliphatic rings. The van der Waals surface area contributed by atoms with E-state index in [2.05, 4.69) is 47.5 Å². The van der Waals surface area contributed by atoms with Crippen molar-refractivity contribution in [3.63, 3.8) is 0 Å². The minimum absolute atomic E-state index is 0.622. The molecule has 0 saturated carbocycles. The van der Waals surface area contributed by atoms with Gasteiger partial charge in [0, 0.05) is 31.9 Å². The zero-order chi connectivity index (χ0) is 15.2. The molecule has 3 heteroatoms. The Morgan fingerprint density at radius 3 is 2.55 bits per heavy atom. The van der Waals surface area contributed by atoms with Crippen LogP contribution in [0.5, 0.6) is 5.75 Å². The van der Waals surface area contributed by atoms with Crippen LogP contribution in [0.2, 0.25) is 0 Å². The predicted octanol–water partition coefficient (Wildman–Crippen LogP) is 3.24. The number of hydrogen-bond acceptors (Lipinski definition) is 3. The Hall–Kier alpha value is -2.00. The maximum atomic E-state index is 5.95. The fourth-order valence-electron chi connectivity index (χ4n) is 2.89.